The molecule has 174 valence electrons. The number of esters is 1. The number of thioether (sulfide) groups is 1. The van der Waals surface area contributed by atoms with Crippen molar-refractivity contribution >= 4 is 17.7 Å². The molecular weight excluding hydrogens is 428 g/mol. The van der Waals surface area contributed by atoms with Gasteiger partial charge in [-0.05, 0) is 60.9 Å². The van der Waals surface area contributed by atoms with E-state index in [1.165, 1.54) is 44.1 Å². The highest BCUT2D eigenvalue weighted by Crippen LogP contribution is 2.24. The number of carbonyl (C=O) groups excluding carboxylic acids is 1. The maximum Gasteiger partial charge on any atom is 0.343 e. The monoisotopic (exact) mass is 462 g/mol. The van der Waals surface area contributed by atoms with Crippen LogP contribution in [0.4, 0.5) is 0 Å². The van der Waals surface area contributed by atoms with Gasteiger partial charge in [-0.15, -0.1) is 0 Å². The highest BCUT2D eigenvalue weighted by molar-refractivity contribution is 7.99. The lowest BCUT2D eigenvalue weighted by Crippen LogP contribution is -2.08. The molecule has 1 aromatic heterocycles. The summed E-state index contributed by atoms with van der Waals surface area (Å²) < 4.78 is 5.54. The van der Waals surface area contributed by atoms with Gasteiger partial charge in [0.15, 0.2) is 5.16 Å². The lowest BCUT2D eigenvalue weighted by molar-refractivity contribution is 0.0735. The summed E-state index contributed by atoms with van der Waals surface area (Å²) in [5.41, 5.74) is 3.64. The van der Waals surface area contributed by atoms with E-state index < -0.39 is 0 Å². The standard InChI is InChI=1S/C28H34N2O2S/c1-3-5-6-7-8-9-21-33-28-29-20-19-26(30-28)23-15-17-25(18-16-23)32-27(31)24-13-11-22(10-4-2)12-14-24/h11-20H,3-10,21H2,1-2H3. The van der Waals surface area contributed by atoms with Gasteiger partial charge in [-0.1, -0.05) is 76.3 Å². The van der Waals surface area contributed by atoms with Crippen LogP contribution in [0.3, 0.4) is 0 Å². The summed E-state index contributed by atoms with van der Waals surface area (Å²) in [4.78, 5) is 21.5. The molecule has 0 radical (unpaired) electrons. The van der Waals surface area contributed by atoms with Crippen LogP contribution in [0.1, 0.15) is 74.7 Å². The number of rotatable bonds is 13. The Morgan fingerprint density at radius 2 is 1.58 bits per heavy atom. The zero-order valence-corrected chi connectivity index (χ0v) is 20.6. The number of unbranched alkanes of at least 4 members (excludes halogenated alkanes) is 5. The van der Waals surface area contributed by atoms with Crippen LogP contribution in [0.2, 0.25) is 0 Å². The average molecular weight is 463 g/mol. The molecule has 0 aliphatic carbocycles. The topological polar surface area (TPSA) is 52.1 Å². The van der Waals surface area contributed by atoms with Crippen LogP contribution in [-0.2, 0) is 6.42 Å². The van der Waals surface area contributed by atoms with Crippen molar-refractivity contribution in [2.45, 2.75) is 70.4 Å². The van der Waals surface area contributed by atoms with Crippen LogP contribution in [0.5, 0.6) is 5.75 Å². The molecule has 2 aromatic carbocycles. The second-order valence-corrected chi connectivity index (χ2v) is 9.26. The van der Waals surface area contributed by atoms with Gasteiger partial charge in [-0.3, -0.25) is 0 Å². The van der Waals surface area contributed by atoms with E-state index in [1.807, 2.05) is 60.8 Å². The molecule has 0 fully saturated rings. The number of aromatic nitrogens is 2. The van der Waals surface area contributed by atoms with E-state index in [2.05, 4.69) is 18.8 Å². The van der Waals surface area contributed by atoms with Gasteiger partial charge in [0.25, 0.3) is 0 Å². The number of benzene rings is 2. The Hall–Kier alpha value is -2.66. The minimum atomic E-state index is -0.346. The van der Waals surface area contributed by atoms with Crippen LogP contribution in [-0.4, -0.2) is 21.7 Å². The lowest BCUT2D eigenvalue weighted by atomic mass is 10.1. The summed E-state index contributed by atoms with van der Waals surface area (Å²) in [6, 6.07) is 17.0. The van der Waals surface area contributed by atoms with Crippen LogP contribution < -0.4 is 4.74 Å². The Kier molecular flexibility index (Phi) is 10.4. The summed E-state index contributed by atoms with van der Waals surface area (Å²) >= 11 is 1.71. The average Bonchev–Trinajstić information content (AvgIpc) is 2.85. The second-order valence-electron chi connectivity index (χ2n) is 8.20. The number of hydrogen-bond acceptors (Lipinski definition) is 5. The van der Waals surface area contributed by atoms with Crippen molar-refractivity contribution in [2.75, 3.05) is 5.75 Å². The first-order valence-electron chi connectivity index (χ1n) is 12.1. The third-order valence-corrected chi connectivity index (χ3v) is 6.40. The van der Waals surface area contributed by atoms with Crippen molar-refractivity contribution < 1.29 is 9.53 Å². The molecule has 0 spiro atoms. The molecule has 0 amide bonds. The van der Waals surface area contributed by atoms with Crippen molar-refractivity contribution in [3.05, 3.63) is 71.9 Å². The minimum absolute atomic E-state index is 0.346. The molecule has 3 aromatic rings. The van der Waals surface area contributed by atoms with Crippen LogP contribution in [0.25, 0.3) is 11.3 Å². The molecule has 0 saturated carbocycles. The molecule has 0 atom stereocenters. The first-order chi connectivity index (χ1) is 16.2. The molecule has 3 rings (SSSR count). The normalized spacial score (nSPS) is 10.8. The highest BCUT2D eigenvalue weighted by Gasteiger charge is 2.09. The zero-order valence-electron chi connectivity index (χ0n) is 19.8. The van der Waals surface area contributed by atoms with Crippen molar-refractivity contribution in [1.29, 1.82) is 0 Å². The third kappa shape index (κ3) is 8.32. The fourth-order valence-electron chi connectivity index (χ4n) is 3.57. The summed E-state index contributed by atoms with van der Waals surface area (Å²) in [6.07, 6.45) is 11.6. The van der Waals surface area contributed by atoms with E-state index in [-0.39, 0.29) is 5.97 Å². The van der Waals surface area contributed by atoms with E-state index in [9.17, 15) is 4.79 Å². The molecule has 0 saturated heterocycles. The van der Waals surface area contributed by atoms with Crippen molar-refractivity contribution in [2.24, 2.45) is 0 Å². The van der Waals surface area contributed by atoms with Gasteiger partial charge in [0.1, 0.15) is 5.75 Å². The molecular formula is C28H34N2O2S. The predicted molar refractivity (Wildman–Crippen MR) is 137 cm³/mol. The summed E-state index contributed by atoms with van der Waals surface area (Å²) in [7, 11) is 0. The fourth-order valence-corrected chi connectivity index (χ4v) is 4.40. The molecule has 0 unspecified atom stereocenters. The summed E-state index contributed by atoms with van der Waals surface area (Å²) in [6.45, 7) is 4.39. The number of aryl methyl sites for hydroxylation is 1. The first-order valence-corrected chi connectivity index (χ1v) is 13.1. The SMILES string of the molecule is CCCCCCCCSc1nccc(-c2ccc(OC(=O)c3ccc(CCC)cc3)cc2)n1. The quantitative estimate of drug-likeness (QED) is 0.0854. The predicted octanol–water partition coefficient (Wildman–Crippen LogP) is 7.77. The minimum Gasteiger partial charge on any atom is -0.423 e. The molecule has 0 aliphatic heterocycles. The molecule has 0 bridgehead atoms. The largest absolute Gasteiger partial charge is 0.423 e. The fraction of sp³-hybridized carbons (Fsp3) is 0.393. The van der Waals surface area contributed by atoms with Gasteiger partial charge in [0.05, 0.1) is 11.3 Å². The van der Waals surface area contributed by atoms with Gasteiger partial charge >= 0.3 is 5.97 Å². The Morgan fingerprint density at radius 1 is 0.848 bits per heavy atom. The van der Waals surface area contributed by atoms with E-state index in [0.29, 0.717) is 11.3 Å². The smallest absolute Gasteiger partial charge is 0.343 e. The molecule has 0 N–H and O–H groups in total. The van der Waals surface area contributed by atoms with Gasteiger partial charge in [-0.25, -0.2) is 14.8 Å². The number of carbonyl (C=O) groups is 1. The van der Waals surface area contributed by atoms with Crippen LogP contribution in [0, 0.1) is 0 Å². The molecule has 33 heavy (non-hydrogen) atoms. The maximum atomic E-state index is 12.4. The Balaban J connectivity index is 1.52. The highest BCUT2D eigenvalue weighted by atomic mass is 32.2. The van der Waals surface area contributed by atoms with Crippen molar-refractivity contribution in [3.8, 4) is 17.0 Å². The Labute approximate surface area is 202 Å². The van der Waals surface area contributed by atoms with Gasteiger partial charge in [0.2, 0.25) is 0 Å². The molecule has 1 heterocycles. The Bertz CT molecular complexity index is 988. The van der Waals surface area contributed by atoms with Gasteiger partial charge in [-0.2, -0.15) is 0 Å². The van der Waals surface area contributed by atoms with E-state index in [4.69, 9.17) is 9.72 Å². The van der Waals surface area contributed by atoms with Gasteiger partial charge < -0.3 is 4.74 Å². The van der Waals surface area contributed by atoms with Gasteiger partial charge in [0, 0.05) is 17.5 Å². The number of hydrogen-bond donors (Lipinski definition) is 0. The van der Waals surface area contributed by atoms with E-state index in [0.717, 1.165) is 35.0 Å². The molecule has 4 nitrogen and oxygen atoms in total. The summed E-state index contributed by atoms with van der Waals surface area (Å²) in [5.74, 6) is 1.22. The summed E-state index contributed by atoms with van der Waals surface area (Å²) in [5, 5.41) is 0.808. The van der Waals surface area contributed by atoms with E-state index >= 15 is 0 Å². The zero-order chi connectivity index (χ0) is 23.3. The first kappa shape index (κ1) is 25.0. The molecule has 5 heteroatoms. The van der Waals surface area contributed by atoms with Crippen LogP contribution in [0.15, 0.2) is 66.0 Å². The van der Waals surface area contributed by atoms with Crippen molar-refractivity contribution in [3.63, 3.8) is 0 Å². The Morgan fingerprint density at radius 3 is 2.30 bits per heavy atom. The maximum absolute atomic E-state index is 12.4. The number of nitrogens with zero attached hydrogens (tertiary/aromatic N) is 2. The molecule has 0 aliphatic rings. The van der Waals surface area contributed by atoms with Crippen molar-refractivity contribution in [1.82, 2.24) is 9.97 Å². The van der Waals surface area contributed by atoms with Crippen LogP contribution >= 0.6 is 11.8 Å². The second kappa shape index (κ2) is 13.8. The van der Waals surface area contributed by atoms with E-state index in [1.54, 1.807) is 11.8 Å². The number of ether oxygens (including phenoxy) is 1. The lowest BCUT2D eigenvalue weighted by Gasteiger charge is -2.07. The third-order valence-electron chi connectivity index (χ3n) is 5.45.